The van der Waals surface area contributed by atoms with Crippen molar-refractivity contribution in [2.24, 2.45) is 5.73 Å². The van der Waals surface area contributed by atoms with E-state index in [0.717, 1.165) is 5.56 Å². The third-order valence-electron chi connectivity index (χ3n) is 3.07. The molecular weight excluding hydrogens is 258 g/mol. The van der Waals surface area contributed by atoms with E-state index in [1.165, 1.54) is 12.1 Å². The van der Waals surface area contributed by atoms with Crippen molar-refractivity contribution >= 4 is 5.97 Å². The van der Waals surface area contributed by atoms with Crippen molar-refractivity contribution in [3.63, 3.8) is 0 Å². The molecule has 0 amide bonds. The van der Waals surface area contributed by atoms with E-state index in [0.29, 0.717) is 12.0 Å². The highest BCUT2D eigenvalue weighted by Crippen LogP contribution is 2.32. The molecule has 5 heteroatoms. The van der Waals surface area contributed by atoms with Crippen molar-refractivity contribution in [2.75, 3.05) is 0 Å². The van der Waals surface area contributed by atoms with E-state index >= 15 is 0 Å². The van der Waals surface area contributed by atoms with Crippen molar-refractivity contribution in [1.82, 2.24) is 0 Å². The maximum absolute atomic E-state index is 11.0. The van der Waals surface area contributed by atoms with Crippen LogP contribution in [0.2, 0.25) is 0 Å². The van der Waals surface area contributed by atoms with Crippen molar-refractivity contribution in [2.45, 2.75) is 12.5 Å². The Labute approximate surface area is 115 Å². The van der Waals surface area contributed by atoms with E-state index < -0.39 is 12.0 Å². The standard InChI is InChI=1S/C15H15NO4/c16-14(15(19)20)12-7-10(17)8-13(18)11(12)6-9-4-2-1-3-5-9/h1-5,7-8,14,17-18H,6,16H2,(H,19,20). The highest BCUT2D eigenvalue weighted by atomic mass is 16.4. The molecule has 0 aliphatic rings. The van der Waals surface area contributed by atoms with Gasteiger partial charge in [0.2, 0.25) is 0 Å². The summed E-state index contributed by atoms with van der Waals surface area (Å²) in [5.74, 6) is -1.60. The summed E-state index contributed by atoms with van der Waals surface area (Å²) in [4.78, 5) is 11.0. The first-order chi connectivity index (χ1) is 9.49. The number of phenols is 2. The van der Waals surface area contributed by atoms with Crippen LogP contribution < -0.4 is 5.73 Å². The van der Waals surface area contributed by atoms with Crippen molar-refractivity contribution in [3.05, 3.63) is 59.2 Å². The lowest BCUT2D eigenvalue weighted by molar-refractivity contribution is -0.138. The summed E-state index contributed by atoms with van der Waals surface area (Å²) in [5, 5.41) is 28.5. The summed E-state index contributed by atoms with van der Waals surface area (Å²) in [5.41, 5.74) is 7.13. The monoisotopic (exact) mass is 273 g/mol. The van der Waals surface area contributed by atoms with E-state index in [9.17, 15) is 15.0 Å². The number of rotatable bonds is 4. The Morgan fingerprint density at radius 1 is 1.15 bits per heavy atom. The number of carboxylic acids is 1. The molecule has 20 heavy (non-hydrogen) atoms. The Balaban J connectivity index is 2.48. The molecule has 0 radical (unpaired) electrons. The molecular formula is C15H15NO4. The second kappa shape index (κ2) is 5.63. The Morgan fingerprint density at radius 2 is 1.80 bits per heavy atom. The number of carboxylic acid groups (broad SMARTS) is 1. The maximum Gasteiger partial charge on any atom is 0.325 e. The third-order valence-corrected chi connectivity index (χ3v) is 3.07. The van der Waals surface area contributed by atoms with Gasteiger partial charge in [-0.15, -0.1) is 0 Å². The van der Waals surface area contributed by atoms with Gasteiger partial charge in [0, 0.05) is 18.1 Å². The fraction of sp³-hybridized carbons (Fsp3) is 0.133. The molecule has 0 aromatic heterocycles. The van der Waals surface area contributed by atoms with Crippen LogP contribution in [0.4, 0.5) is 0 Å². The SMILES string of the molecule is NC(C(=O)O)c1cc(O)cc(O)c1Cc1ccccc1. The Morgan fingerprint density at radius 3 is 2.40 bits per heavy atom. The predicted octanol–water partition coefficient (Wildman–Crippen LogP) is 1.77. The fourth-order valence-corrected chi connectivity index (χ4v) is 2.07. The molecule has 2 aromatic rings. The van der Waals surface area contributed by atoms with Crippen LogP contribution in [0, 0.1) is 0 Å². The Kier molecular flexibility index (Phi) is 3.91. The van der Waals surface area contributed by atoms with Gasteiger partial charge in [0.15, 0.2) is 0 Å². The van der Waals surface area contributed by atoms with E-state index in [1.807, 2.05) is 30.3 Å². The lowest BCUT2D eigenvalue weighted by Crippen LogP contribution is -2.22. The minimum Gasteiger partial charge on any atom is -0.508 e. The van der Waals surface area contributed by atoms with Gasteiger partial charge in [-0.1, -0.05) is 30.3 Å². The van der Waals surface area contributed by atoms with Crippen LogP contribution in [0.15, 0.2) is 42.5 Å². The molecule has 1 atom stereocenters. The molecule has 0 fully saturated rings. The van der Waals surface area contributed by atoms with Gasteiger partial charge in [-0.05, 0) is 17.2 Å². The predicted molar refractivity (Wildman–Crippen MR) is 73.6 cm³/mol. The first-order valence-corrected chi connectivity index (χ1v) is 6.06. The second-order valence-corrected chi connectivity index (χ2v) is 4.51. The zero-order valence-corrected chi connectivity index (χ0v) is 10.7. The summed E-state index contributed by atoms with van der Waals surface area (Å²) >= 11 is 0. The number of phenolic OH excluding ortho intramolecular Hbond substituents is 2. The van der Waals surface area contributed by atoms with Crippen molar-refractivity contribution in [1.29, 1.82) is 0 Å². The first-order valence-electron chi connectivity index (χ1n) is 6.06. The van der Waals surface area contributed by atoms with Gasteiger partial charge in [0.25, 0.3) is 0 Å². The number of hydrogen-bond donors (Lipinski definition) is 4. The largest absolute Gasteiger partial charge is 0.508 e. The molecule has 0 aliphatic carbocycles. The molecule has 0 aliphatic heterocycles. The van der Waals surface area contributed by atoms with Crippen LogP contribution in [0.25, 0.3) is 0 Å². The fourth-order valence-electron chi connectivity index (χ4n) is 2.07. The molecule has 0 saturated carbocycles. The summed E-state index contributed by atoms with van der Waals surface area (Å²) in [6.07, 6.45) is 0.337. The van der Waals surface area contributed by atoms with Gasteiger partial charge in [-0.3, -0.25) is 4.79 Å². The molecule has 1 unspecified atom stereocenters. The second-order valence-electron chi connectivity index (χ2n) is 4.51. The number of aliphatic carboxylic acids is 1. The smallest absolute Gasteiger partial charge is 0.325 e. The molecule has 2 rings (SSSR count). The molecule has 0 spiro atoms. The van der Waals surface area contributed by atoms with Crippen LogP contribution >= 0.6 is 0 Å². The lowest BCUT2D eigenvalue weighted by atomic mass is 9.94. The highest BCUT2D eigenvalue weighted by Gasteiger charge is 2.21. The van der Waals surface area contributed by atoms with Crippen LogP contribution in [-0.4, -0.2) is 21.3 Å². The lowest BCUT2D eigenvalue weighted by Gasteiger charge is -2.15. The number of aromatic hydroxyl groups is 2. The highest BCUT2D eigenvalue weighted by molar-refractivity contribution is 5.76. The normalized spacial score (nSPS) is 12.1. The van der Waals surface area contributed by atoms with Crippen LogP contribution in [0.3, 0.4) is 0 Å². The summed E-state index contributed by atoms with van der Waals surface area (Å²) in [7, 11) is 0. The van der Waals surface area contributed by atoms with E-state index in [4.69, 9.17) is 10.8 Å². The molecule has 104 valence electrons. The third kappa shape index (κ3) is 2.89. The molecule has 0 saturated heterocycles. The van der Waals surface area contributed by atoms with Gasteiger partial charge < -0.3 is 21.1 Å². The number of nitrogens with two attached hydrogens (primary N) is 1. The minimum atomic E-state index is -1.30. The van der Waals surface area contributed by atoms with Crippen LogP contribution in [-0.2, 0) is 11.2 Å². The van der Waals surface area contributed by atoms with Crippen LogP contribution in [0.1, 0.15) is 22.7 Å². The van der Waals surface area contributed by atoms with E-state index in [2.05, 4.69) is 0 Å². The summed E-state index contributed by atoms with van der Waals surface area (Å²) in [6.45, 7) is 0. The first kappa shape index (κ1) is 13.9. The zero-order chi connectivity index (χ0) is 14.7. The summed E-state index contributed by atoms with van der Waals surface area (Å²) in [6, 6.07) is 10.4. The van der Waals surface area contributed by atoms with Crippen LogP contribution in [0.5, 0.6) is 11.5 Å². The number of hydrogen-bond acceptors (Lipinski definition) is 4. The summed E-state index contributed by atoms with van der Waals surface area (Å²) < 4.78 is 0. The zero-order valence-electron chi connectivity index (χ0n) is 10.7. The minimum absolute atomic E-state index is 0.166. The topological polar surface area (TPSA) is 104 Å². The molecule has 0 heterocycles. The molecule has 5 N–H and O–H groups in total. The Bertz CT molecular complexity index is 625. The average molecular weight is 273 g/mol. The van der Waals surface area contributed by atoms with Gasteiger partial charge >= 0.3 is 5.97 Å². The maximum atomic E-state index is 11.0. The quantitative estimate of drug-likeness (QED) is 0.679. The van der Waals surface area contributed by atoms with E-state index in [1.54, 1.807) is 0 Å². The Hall–Kier alpha value is -2.53. The van der Waals surface area contributed by atoms with Gasteiger partial charge in [-0.25, -0.2) is 0 Å². The molecule has 5 nitrogen and oxygen atoms in total. The number of carbonyl (C=O) groups is 1. The molecule has 0 bridgehead atoms. The van der Waals surface area contributed by atoms with Gasteiger partial charge in [-0.2, -0.15) is 0 Å². The van der Waals surface area contributed by atoms with Gasteiger partial charge in [0.05, 0.1) is 0 Å². The van der Waals surface area contributed by atoms with E-state index in [-0.39, 0.29) is 17.1 Å². The average Bonchev–Trinajstić information content (AvgIpc) is 2.41. The molecule has 2 aromatic carbocycles. The number of benzene rings is 2. The van der Waals surface area contributed by atoms with Crippen molar-refractivity contribution in [3.8, 4) is 11.5 Å². The van der Waals surface area contributed by atoms with Gasteiger partial charge in [0.1, 0.15) is 17.5 Å². The van der Waals surface area contributed by atoms with Crippen molar-refractivity contribution < 1.29 is 20.1 Å².